The molecule has 3 aromatic carbocycles. The van der Waals surface area contributed by atoms with E-state index < -0.39 is 16.3 Å². The molecule has 1 aliphatic heterocycles. The molecule has 0 aromatic heterocycles. The molecule has 1 aliphatic carbocycles. The summed E-state index contributed by atoms with van der Waals surface area (Å²) in [6.07, 6.45) is -0.0595. The van der Waals surface area contributed by atoms with E-state index in [0.717, 1.165) is 22.2 Å². The maximum absolute atomic E-state index is 12.8. The third-order valence-electron chi connectivity index (χ3n) is 6.99. The molecule has 3 N–H and O–H groups in total. The number of nitrogens with one attached hydrogen (secondary N) is 2. The van der Waals surface area contributed by atoms with Crippen molar-refractivity contribution >= 4 is 27.5 Å². The Labute approximate surface area is 234 Å². The molecule has 0 radical (unpaired) electrons. The van der Waals surface area contributed by atoms with E-state index in [0.29, 0.717) is 30.2 Å². The Kier molecular flexibility index (Phi) is 7.99. The van der Waals surface area contributed by atoms with Gasteiger partial charge in [0.2, 0.25) is 5.91 Å². The number of ether oxygens (including phenoxy) is 2. The lowest BCUT2D eigenvalue weighted by Crippen LogP contribution is -2.44. The van der Waals surface area contributed by atoms with Crippen LogP contribution >= 0.6 is 0 Å². The fraction of sp³-hybridized carbons (Fsp3) is 0.345. The topological polar surface area (TPSA) is 120 Å². The highest BCUT2D eigenvalue weighted by molar-refractivity contribution is 7.90. The quantitative estimate of drug-likeness (QED) is 0.253. The molecule has 10 nitrogen and oxygen atoms in total. The van der Waals surface area contributed by atoms with E-state index >= 15 is 0 Å². The van der Waals surface area contributed by atoms with E-state index in [4.69, 9.17) is 9.47 Å². The fourth-order valence-corrected chi connectivity index (χ4v) is 6.10. The summed E-state index contributed by atoms with van der Waals surface area (Å²) in [6, 6.07) is 17.1. The van der Waals surface area contributed by atoms with Crippen molar-refractivity contribution in [1.29, 1.82) is 0 Å². The van der Waals surface area contributed by atoms with Crippen LogP contribution in [-0.4, -0.2) is 70.7 Å². The predicted octanol–water partition coefficient (Wildman–Crippen LogP) is 2.92. The molecule has 1 heterocycles. The number of aliphatic hydroxyl groups excluding tert-OH is 1. The van der Waals surface area contributed by atoms with Gasteiger partial charge in [0, 0.05) is 39.8 Å². The van der Waals surface area contributed by atoms with Crippen molar-refractivity contribution in [3.63, 3.8) is 0 Å². The third kappa shape index (κ3) is 5.78. The first-order valence-electron chi connectivity index (χ1n) is 13.2. The maximum Gasteiger partial charge on any atom is 0.303 e. The number of aliphatic hydroxyl groups is 1. The van der Waals surface area contributed by atoms with Crippen molar-refractivity contribution in [2.45, 2.75) is 19.4 Å². The second kappa shape index (κ2) is 11.5. The normalized spacial score (nSPS) is 14.7. The van der Waals surface area contributed by atoms with Crippen molar-refractivity contribution < 1.29 is 27.8 Å². The Morgan fingerprint density at radius 1 is 1.10 bits per heavy atom. The molecule has 11 heteroatoms. The summed E-state index contributed by atoms with van der Waals surface area (Å²) in [6.45, 7) is 3.18. The zero-order valence-electron chi connectivity index (χ0n) is 22.8. The summed E-state index contributed by atoms with van der Waals surface area (Å²) < 4.78 is 39.5. The Morgan fingerprint density at radius 3 is 2.60 bits per heavy atom. The zero-order valence-corrected chi connectivity index (χ0v) is 23.6. The van der Waals surface area contributed by atoms with E-state index in [1.807, 2.05) is 30.3 Å². The number of hydrogen-bond donors (Lipinski definition) is 3. The second-order valence-corrected chi connectivity index (χ2v) is 12.1. The van der Waals surface area contributed by atoms with Gasteiger partial charge in [-0.1, -0.05) is 18.2 Å². The van der Waals surface area contributed by atoms with Gasteiger partial charge in [0.1, 0.15) is 24.7 Å². The first-order chi connectivity index (χ1) is 19.1. The minimum atomic E-state index is -3.67. The van der Waals surface area contributed by atoms with Gasteiger partial charge >= 0.3 is 10.2 Å². The molecule has 1 atom stereocenters. The number of benzene rings is 3. The van der Waals surface area contributed by atoms with Gasteiger partial charge in [-0.2, -0.15) is 12.7 Å². The number of carbonyl (C=O) groups excluding carboxylic acids is 1. The molecule has 0 spiro atoms. The van der Waals surface area contributed by atoms with Crippen molar-refractivity contribution in [3.8, 4) is 22.6 Å². The summed E-state index contributed by atoms with van der Waals surface area (Å²) in [5.74, 6) is 1.15. The first kappa shape index (κ1) is 27.9. The molecule has 2 aliphatic rings. The lowest BCUT2D eigenvalue weighted by atomic mass is 10.1. The van der Waals surface area contributed by atoms with E-state index in [1.54, 1.807) is 18.2 Å². The van der Waals surface area contributed by atoms with Gasteiger partial charge in [-0.05, 0) is 70.6 Å². The average Bonchev–Trinajstić information content (AvgIpc) is 3.28. The van der Waals surface area contributed by atoms with Crippen LogP contribution in [-0.2, 0) is 21.4 Å². The van der Waals surface area contributed by atoms with Crippen LogP contribution in [0.3, 0.4) is 0 Å². The molecule has 0 saturated heterocycles. The Morgan fingerprint density at radius 2 is 1.85 bits per heavy atom. The minimum absolute atomic E-state index is 0.0911. The maximum atomic E-state index is 12.8. The highest BCUT2D eigenvalue weighted by Gasteiger charge is 2.31. The van der Waals surface area contributed by atoms with E-state index in [1.165, 1.54) is 47.6 Å². The van der Waals surface area contributed by atoms with Gasteiger partial charge in [-0.3, -0.25) is 9.10 Å². The lowest BCUT2D eigenvalue weighted by Gasteiger charge is -2.32. The fourth-order valence-electron chi connectivity index (χ4n) is 5.01. The molecule has 0 saturated carbocycles. The van der Waals surface area contributed by atoms with Crippen LogP contribution in [0.1, 0.15) is 29.7 Å². The van der Waals surface area contributed by atoms with Gasteiger partial charge in [0.05, 0.1) is 18.3 Å². The number of fused-ring (bicyclic) bond motifs is 4. The third-order valence-corrected chi connectivity index (χ3v) is 8.85. The number of carbonyl (C=O) groups is 1. The Hall–Kier alpha value is -3.64. The molecule has 1 amide bonds. The van der Waals surface area contributed by atoms with Crippen molar-refractivity contribution in [3.05, 3.63) is 71.3 Å². The summed E-state index contributed by atoms with van der Waals surface area (Å²) in [4.78, 5) is 11.4. The van der Waals surface area contributed by atoms with Crippen LogP contribution in [0.4, 0.5) is 11.4 Å². The average molecular weight is 567 g/mol. The van der Waals surface area contributed by atoms with Crippen LogP contribution in [0.5, 0.6) is 11.5 Å². The van der Waals surface area contributed by atoms with Crippen molar-refractivity contribution in [2.24, 2.45) is 0 Å². The van der Waals surface area contributed by atoms with Gasteiger partial charge < -0.3 is 25.2 Å². The number of hydrogen-bond acceptors (Lipinski definition) is 7. The molecule has 0 bridgehead atoms. The summed E-state index contributed by atoms with van der Waals surface area (Å²) in [5.41, 5.74) is 6.50. The smallest absolute Gasteiger partial charge is 0.303 e. The van der Waals surface area contributed by atoms with Gasteiger partial charge in [-0.15, -0.1) is 0 Å². The Bertz CT molecular complexity index is 1520. The predicted molar refractivity (Wildman–Crippen MR) is 154 cm³/mol. The molecular formula is C29H34N4O6S. The molecule has 1 unspecified atom stereocenters. The second-order valence-electron chi connectivity index (χ2n) is 10.1. The van der Waals surface area contributed by atoms with E-state index in [-0.39, 0.29) is 25.6 Å². The van der Waals surface area contributed by atoms with Crippen LogP contribution < -0.4 is 24.4 Å². The summed E-state index contributed by atoms with van der Waals surface area (Å²) >= 11 is 0. The van der Waals surface area contributed by atoms with Crippen molar-refractivity contribution in [2.75, 3.05) is 56.6 Å². The molecule has 5 rings (SSSR count). The van der Waals surface area contributed by atoms with Crippen LogP contribution in [0.25, 0.3) is 11.1 Å². The number of anilines is 2. The zero-order chi connectivity index (χ0) is 28.4. The number of nitrogens with zero attached hydrogens (tertiary/aromatic N) is 2. The van der Waals surface area contributed by atoms with E-state index in [2.05, 4.69) is 16.7 Å². The van der Waals surface area contributed by atoms with Crippen LogP contribution in [0, 0.1) is 0 Å². The summed E-state index contributed by atoms with van der Waals surface area (Å²) in [5, 5.41) is 16.8. The first-order valence-corrected chi connectivity index (χ1v) is 14.6. The SMILES string of the molecule is CC(=O)Nc1ccc2c(c1)Cc1cc(OCCNCC(O)c3ccc4c(c3)N(S(=O)(=O)N(C)C)CCO4)ccc1-2. The Balaban J connectivity index is 1.13. The highest BCUT2D eigenvalue weighted by atomic mass is 32.2. The van der Waals surface area contributed by atoms with Gasteiger partial charge in [0.25, 0.3) is 0 Å². The molecule has 212 valence electrons. The van der Waals surface area contributed by atoms with Crippen LogP contribution in [0.15, 0.2) is 54.6 Å². The van der Waals surface area contributed by atoms with Crippen molar-refractivity contribution in [1.82, 2.24) is 9.62 Å². The lowest BCUT2D eigenvalue weighted by molar-refractivity contribution is -0.114. The van der Waals surface area contributed by atoms with Crippen LogP contribution in [0.2, 0.25) is 0 Å². The highest BCUT2D eigenvalue weighted by Crippen LogP contribution is 2.39. The number of amides is 1. The molecule has 0 fully saturated rings. The van der Waals surface area contributed by atoms with E-state index in [9.17, 15) is 18.3 Å². The molecule has 40 heavy (non-hydrogen) atoms. The number of rotatable bonds is 10. The standard InChI is InChI=1S/C29H34N4O6S/c1-19(34)31-23-5-7-25-21(15-23)14-22-16-24(6-8-26(22)25)38-12-10-30-18-28(35)20-4-9-29-27(17-20)33(11-13-39-29)40(36,37)32(2)3/h4-9,15-17,28,30,35H,10-14,18H2,1-3H3,(H,31,34). The minimum Gasteiger partial charge on any atom is -0.492 e. The summed E-state index contributed by atoms with van der Waals surface area (Å²) in [7, 11) is -0.699. The van der Waals surface area contributed by atoms with Gasteiger partial charge in [0.15, 0.2) is 0 Å². The molecular weight excluding hydrogens is 532 g/mol. The monoisotopic (exact) mass is 566 g/mol. The largest absolute Gasteiger partial charge is 0.492 e. The van der Waals surface area contributed by atoms with Gasteiger partial charge in [-0.25, -0.2) is 0 Å². The molecule has 3 aromatic rings.